The Morgan fingerprint density at radius 3 is 2.86 bits per heavy atom. The molecule has 0 aliphatic heterocycles. The van der Waals surface area contributed by atoms with Gasteiger partial charge in [-0.1, -0.05) is 31.4 Å². The number of amides is 2. The molecule has 1 atom stereocenters. The van der Waals surface area contributed by atoms with Gasteiger partial charge in [0, 0.05) is 6.54 Å². The van der Waals surface area contributed by atoms with Gasteiger partial charge >= 0.3 is 6.03 Å². The lowest BCUT2D eigenvalue weighted by Crippen LogP contribution is -2.47. The zero-order chi connectivity index (χ0) is 15.6. The normalized spacial score (nSPS) is 22.9. The van der Waals surface area contributed by atoms with Crippen LogP contribution < -0.4 is 10.6 Å². The fourth-order valence-corrected chi connectivity index (χ4v) is 3.60. The molecule has 4 nitrogen and oxygen atoms in total. The van der Waals surface area contributed by atoms with Gasteiger partial charge in [0.05, 0.1) is 11.6 Å². The number of halogens is 1. The van der Waals surface area contributed by atoms with E-state index in [9.17, 15) is 14.3 Å². The summed E-state index contributed by atoms with van der Waals surface area (Å²) in [7, 11) is 0. The molecule has 5 heteroatoms. The number of fused-ring (bicyclic) bond motifs is 1. The third kappa shape index (κ3) is 3.24. The van der Waals surface area contributed by atoms with E-state index in [1.165, 1.54) is 6.07 Å². The van der Waals surface area contributed by atoms with E-state index in [1.807, 2.05) is 6.07 Å². The van der Waals surface area contributed by atoms with E-state index in [-0.39, 0.29) is 24.4 Å². The number of hydrogen-bond acceptors (Lipinski definition) is 2. The van der Waals surface area contributed by atoms with Crippen LogP contribution in [-0.4, -0.2) is 23.3 Å². The van der Waals surface area contributed by atoms with Gasteiger partial charge in [-0.15, -0.1) is 0 Å². The first kappa shape index (κ1) is 15.3. The molecule has 0 bridgehead atoms. The summed E-state index contributed by atoms with van der Waals surface area (Å²) >= 11 is 0. The van der Waals surface area contributed by atoms with Crippen molar-refractivity contribution < 1.29 is 14.3 Å². The Hall–Kier alpha value is -1.62. The van der Waals surface area contributed by atoms with Crippen LogP contribution in [0.4, 0.5) is 9.18 Å². The van der Waals surface area contributed by atoms with Gasteiger partial charge in [0.2, 0.25) is 0 Å². The molecule has 0 aromatic heterocycles. The van der Waals surface area contributed by atoms with Crippen molar-refractivity contribution in [1.82, 2.24) is 10.6 Å². The van der Waals surface area contributed by atoms with Crippen molar-refractivity contribution in [3.05, 3.63) is 35.1 Å². The largest absolute Gasteiger partial charge is 0.388 e. The van der Waals surface area contributed by atoms with Crippen LogP contribution in [0.3, 0.4) is 0 Å². The highest BCUT2D eigenvalue weighted by Crippen LogP contribution is 2.32. The summed E-state index contributed by atoms with van der Waals surface area (Å²) in [5, 5.41) is 16.0. The standard InChI is InChI=1S/C17H23FN2O2/c18-14-6-4-5-13-12(14)7-8-15(13)20-16(21)19-11-17(22)9-2-1-3-10-17/h4-6,15,22H,1-3,7-11H2,(H2,19,20,21). The van der Waals surface area contributed by atoms with E-state index in [0.29, 0.717) is 18.4 Å². The van der Waals surface area contributed by atoms with Crippen molar-refractivity contribution in [1.29, 1.82) is 0 Å². The van der Waals surface area contributed by atoms with Gasteiger partial charge < -0.3 is 15.7 Å². The Kier molecular flexibility index (Phi) is 4.34. The summed E-state index contributed by atoms with van der Waals surface area (Å²) in [6, 6.07) is 4.56. The fourth-order valence-electron chi connectivity index (χ4n) is 3.60. The van der Waals surface area contributed by atoms with Crippen LogP contribution in [0.25, 0.3) is 0 Å². The van der Waals surface area contributed by atoms with E-state index in [1.54, 1.807) is 6.07 Å². The predicted molar refractivity (Wildman–Crippen MR) is 82.0 cm³/mol. The van der Waals surface area contributed by atoms with Crippen molar-refractivity contribution in [3.63, 3.8) is 0 Å². The fraction of sp³-hybridized carbons (Fsp3) is 0.588. The van der Waals surface area contributed by atoms with E-state index in [0.717, 1.165) is 37.7 Å². The van der Waals surface area contributed by atoms with Gasteiger partial charge in [-0.25, -0.2) is 9.18 Å². The summed E-state index contributed by atoms with van der Waals surface area (Å²) in [5.41, 5.74) is 0.806. The molecule has 0 saturated heterocycles. The summed E-state index contributed by atoms with van der Waals surface area (Å²) in [6.45, 7) is 0.279. The van der Waals surface area contributed by atoms with E-state index in [2.05, 4.69) is 10.6 Å². The molecule has 1 aromatic rings. The lowest BCUT2D eigenvalue weighted by atomic mass is 9.85. The van der Waals surface area contributed by atoms with Crippen molar-refractivity contribution in [2.45, 2.75) is 56.6 Å². The van der Waals surface area contributed by atoms with Crippen LogP contribution in [0.1, 0.15) is 55.7 Å². The number of carbonyl (C=O) groups excluding carboxylic acids is 1. The number of rotatable bonds is 3. The Morgan fingerprint density at radius 2 is 2.09 bits per heavy atom. The number of urea groups is 1. The Morgan fingerprint density at radius 1 is 1.32 bits per heavy atom. The molecular weight excluding hydrogens is 283 g/mol. The highest BCUT2D eigenvalue weighted by Gasteiger charge is 2.30. The minimum Gasteiger partial charge on any atom is -0.388 e. The summed E-state index contributed by atoms with van der Waals surface area (Å²) < 4.78 is 13.7. The number of benzene rings is 1. The molecule has 2 aliphatic carbocycles. The maximum atomic E-state index is 13.7. The molecule has 0 heterocycles. The minimum absolute atomic E-state index is 0.147. The van der Waals surface area contributed by atoms with Gasteiger partial charge in [0.25, 0.3) is 0 Å². The van der Waals surface area contributed by atoms with Crippen molar-refractivity contribution in [2.24, 2.45) is 0 Å². The first-order chi connectivity index (χ1) is 10.6. The van der Waals surface area contributed by atoms with Crippen molar-refractivity contribution >= 4 is 6.03 Å². The highest BCUT2D eigenvalue weighted by atomic mass is 19.1. The van der Waals surface area contributed by atoms with Crippen LogP contribution in [0.15, 0.2) is 18.2 Å². The van der Waals surface area contributed by atoms with Gasteiger partial charge in [0.15, 0.2) is 0 Å². The zero-order valence-corrected chi connectivity index (χ0v) is 12.7. The molecule has 3 rings (SSSR count). The zero-order valence-electron chi connectivity index (χ0n) is 12.7. The molecule has 1 aromatic carbocycles. The molecule has 22 heavy (non-hydrogen) atoms. The summed E-state index contributed by atoms with van der Waals surface area (Å²) in [6.07, 6.45) is 6.02. The third-order valence-corrected chi connectivity index (χ3v) is 4.88. The van der Waals surface area contributed by atoms with Gasteiger partial charge in [-0.2, -0.15) is 0 Å². The highest BCUT2D eigenvalue weighted by molar-refractivity contribution is 5.74. The lowest BCUT2D eigenvalue weighted by Gasteiger charge is -2.32. The van der Waals surface area contributed by atoms with Crippen LogP contribution >= 0.6 is 0 Å². The Labute approximate surface area is 130 Å². The van der Waals surface area contributed by atoms with Gasteiger partial charge in [0.1, 0.15) is 5.82 Å². The first-order valence-electron chi connectivity index (χ1n) is 8.11. The van der Waals surface area contributed by atoms with Crippen LogP contribution in [0.5, 0.6) is 0 Å². The van der Waals surface area contributed by atoms with Crippen LogP contribution in [0.2, 0.25) is 0 Å². The van der Waals surface area contributed by atoms with Gasteiger partial charge in [-0.05, 0) is 42.9 Å². The minimum atomic E-state index is -0.769. The average molecular weight is 306 g/mol. The lowest BCUT2D eigenvalue weighted by molar-refractivity contribution is 0.00712. The SMILES string of the molecule is O=C(NCC1(O)CCCCC1)NC1CCc2c(F)cccc21. The Bertz CT molecular complexity index is 556. The molecule has 0 spiro atoms. The second-order valence-electron chi connectivity index (χ2n) is 6.51. The number of carbonyl (C=O) groups is 1. The number of nitrogens with one attached hydrogen (secondary N) is 2. The first-order valence-corrected chi connectivity index (χ1v) is 8.11. The monoisotopic (exact) mass is 306 g/mol. The smallest absolute Gasteiger partial charge is 0.315 e. The molecule has 1 unspecified atom stereocenters. The molecule has 1 fully saturated rings. The second-order valence-corrected chi connectivity index (χ2v) is 6.51. The predicted octanol–water partition coefficient (Wildman–Crippen LogP) is 2.81. The quantitative estimate of drug-likeness (QED) is 0.804. The maximum Gasteiger partial charge on any atom is 0.315 e. The summed E-state index contributed by atoms with van der Waals surface area (Å²) in [5.74, 6) is -0.196. The number of aliphatic hydroxyl groups is 1. The molecule has 3 N–H and O–H groups in total. The molecule has 2 aliphatic rings. The third-order valence-electron chi connectivity index (χ3n) is 4.88. The Balaban J connectivity index is 1.54. The van der Waals surface area contributed by atoms with Crippen LogP contribution in [0, 0.1) is 5.82 Å². The molecule has 0 radical (unpaired) electrons. The second kappa shape index (κ2) is 6.24. The topological polar surface area (TPSA) is 61.4 Å². The molecule has 2 amide bonds. The summed E-state index contributed by atoms with van der Waals surface area (Å²) in [4.78, 5) is 12.1. The molecule has 120 valence electrons. The van der Waals surface area contributed by atoms with E-state index >= 15 is 0 Å². The molecular formula is C17H23FN2O2. The van der Waals surface area contributed by atoms with Gasteiger partial charge in [-0.3, -0.25) is 0 Å². The van der Waals surface area contributed by atoms with Crippen LogP contribution in [-0.2, 0) is 6.42 Å². The number of hydrogen-bond donors (Lipinski definition) is 3. The van der Waals surface area contributed by atoms with E-state index < -0.39 is 5.60 Å². The maximum absolute atomic E-state index is 13.7. The molecule has 1 saturated carbocycles. The van der Waals surface area contributed by atoms with Crippen molar-refractivity contribution in [3.8, 4) is 0 Å². The van der Waals surface area contributed by atoms with E-state index in [4.69, 9.17) is 0 Å². The average Bonchev–Trinajstić information content (AvgIpc) is 2.91. The van der Waals surface area contributed by atoms with Crippen molar-refractivity contribution in [2.75, 3.05) is 6.54 Å².